The zero-order valence-corrected chi connectivity index (χ0v) is 12.0. The maximum Gasteiger partial charge on any atom is 0.0594 e. The van der Waals surface area contributed by atoms with Gasteiger partial charge in [-0.3, -0.25) is 16.2 Å². The lowest BCUT2D eigenvalue weighted by Crippen LogP contribution is -2.62. The Labute approximate surface area is 113 Å². The highest BCUT2D eigenvalue weighted by Crippen LogP contribution is 2.23. The van der Waals surface area contributed by atoms with Crippen molar-refractivity contribution in [3.05, 3.63) is 22.4 Å². The van der Waals surface area contributed by atoms with Crippen LogP contribution in [0.4, 0.5) is 0 Å². The molecular formula is C13H23N3OS. The Bertz CT molecular complexity index is 347. The van der Waals surface area contributed by atoms with E-state index in [4.69, 9.17) is 10.6 Å². The first-order chi connectivity index (χ1) is 8.64. The number of nitrogens with zero attached hydrogens (tertiary/aromatic N) is 1. The summed E-state index contributed by atoms with van der Waals surface area (Å²) in [5, 5.41) is 4.31. The van der Waals surface area contributed by atoms with Gasteiger partial charge < -0.3 is 4.74 Å². The largest absolute Gasteiger partial charge is 0.379 e. The summed E-state index contributed by atoms with van der Waals surface area (Å²) >= 11 is 1.74. The Morgan fingerprint density at radius 3 is 2.78 bits per heavy atom. The molecule has 102 valence electrons. The Hall–Kier alpha value is -0.460. The molecule has 1 saturated heterocycles. The zero-order chi connectivity index (χ0) is 13.0. The summed E-state index contributed by atoms with van der Waals surface area (Å²) in [5.74, 6) is 5.78. The molecule has 4 nitrogen and oxygen atoms in total. The molecule has 3 N–H and O–H groups in total. The van der Waals surface area contributed by atoms with Crippen molar-refractivity contribution in [2.45, 2.75) is 31.8 Å². The van der Waals surface area contributed by atoms with E-state index < -0.39 is 0 Å². The standard InChI is InChI=1S/C13H23N3OS/c1-13(2,16-4-6-17-7-5-16)12(15-14)9-11-3-8-18-10-11/h3,8,10,12,15H,4-7,9,14H2,1-2H3. The third-order valence-corrected chi connectivity index (χ3v) is 4.63. The molecule has 5 heteroatoms. The van der Waals surface area contributed by atoms with E-state index in [-0.39, 0.29) is 11.6 Å². The molecule has 1 aliphatic rings. The minimum atomic E-state index is 0.0282. The molecule has 0 aromatic carbocycles. The number of thiophene rings is 1. The lowest BCUT2D eigenvalue weighted by molar-refractivity contribution is -0.0232. The molecule has 2 rings (SSSR count). The van der Waals surface area contributed by atoms with Crippen LogP contribution in [0.25, 0.3) is 0 Å². The second-order valence-corrected chi connectivity index (χ2v) is 6.09. The molecular weight excluding hydrogens is 246 g/mol. The van der Waals surface area contributed by atoms with Gasteiger partial charge in [-0.1, -0.05) is 0 Å². The summed E-state index contributed by atoms with van der Waals surface area (Å²) in [6, 6.07) is 2.41. The number of hydrazine groups is 1. The highest BCUT2D eigenvalue weighted by atomic mass is 32.1. The van der Waals surface area contributed by atoms with Crippen molar-refractivity contribution >= 4 is 11.3 Å². The van der Waals surface area contributed by atoms with Crippen LogP contribution in [0.3, 0.4) is 0 Å². The van der Waals surface area contributed by atoms with E-state index in [2.05, 4.69) is 41.0 Å². The first-order valence-electron chi connectivity index (χ1n) is 6.44. The second-order valence-electron chi connectivity index (χ2n) is 5.31. The molecule has 0 spiro atoms. The summed E-state index contributed by atoms with van der Waals surface area (Å²) < 4.78 is 5.42. The Kier molecular flexibility index (Phi) is 4.75. The number of morpholine rings is 1. The number of ether oxygens (including phenoxy) is 1. The van der Waals surface area contributed by atoms with Gasteiger partial charge >= 0.3 is 0 Å². The normalized spacial score (nSPS) is 19.9. The average molecular weight is 269 g/mol. The highest BCUT2D eigenvalue weighted by Gasteiger charge is 2.35. The smallest absolute Gasteiger partial charge is 0.0594 e. The van der Waals surface area contributed by atoms with Crippen LogP contribution in [0, 0.1) is 0 Å². The van der Waals surface area contributed by atoms with E-state index in [0.717, 1.165) is 32.7 Å². The molecule has 0 radical (unpaired) electrons. The maximum atomic E-state index is 5.78. The van der Waals surface area contributed by atoms with Gasteiger partial charge in [-0.2, -0.15) is 11.3 Å². The summed E-state index contributed by atoms with van der Waals surface area (Å²) in [6.07, 6.45) is 0.963. The van der Waals surface area contributed by atoms with Gasteiger partial charge in [0.2, 0.25) is 0 Å². The highest BCUT2D eigenvalue weighted by molar-refractivity contribution is 7.07. The number of rotatable bonds is 5. The predicted molar refractivity (Wildman–Crippen MR) is 75.6 cm³/mol. The third-order valence-electron chi connectivity index (χ3n) is 3.90. The molecule has 1 aromatic heterocycles. The molecule has 0 aliphatic carbocycles. The first kappa shape index (κ1) is 14.0. The molecule has 1 atom stereocenters. The van der Waals surface area contributed by atoms with E-state index in [1.807, 2.05) is 0 Å². The van der Waals surface area contributed by atoms with Crippen LogP contribution in [0.5, 0.6) is 0 Å². The van der Waals surface area contributed by atoms with Gasteiger partial charge in [-0.05, 0) is 42.7 Å². The average Bonchev–Trinajstić information content (AvgIpc) is 2.89. The minimum absolute atomic E-state index is 0.0282. The van der Waals surface area contributed by atoms with Crippen molar-refractivity contribution in [3.63, 3.8) is 0 Å². The molecule has 1 aromatic rings. The van der Waals surface area contributed by atoms with E-state index in [1.54, 1.807) is 11.3 Å². The second kappa shape index (κ2) is 6.12. The minimum Gasteiger partial charge on any atom is -0.379 e. The van der Waals surface area contributed by atoms with Gasteiger partial charge in [0.15, 0.2) is 0 Å². The fourth-order valence-electron chi connectivity index (χ4n) is 2.52. The fourth-order valence-corrected chi connectivity index (χ4v) is 3.20. The van der Waals surface area contributed by atoms with Gasteiger partial charge in [-0.25, -0.2) is 0 Å². The van der Waals surface area contributed by atoms with Crippen LogP contribution in [0.2, 0.25) is 0 Å². The Morgan fingerprint density at radius 1 is 1.50 bits per heavy atom. The third kappa shape index (κ3) is 3.10. The number of nitrogens with two attached hydrogens (primary N) is 1. The van der Waals surface area contributed by atoms with Crippen LogP contribution in [0.15, 0.2) is 16.8 Å². The van der Waals surface area contributed by atoms with Gasteiger partial charge in [0, 0.05) is 24.7 Å². The van der Waals surface area contributed by atoms with Crippen LogP contribution < -0.4 is 11.3 Å². The maximum absolute atomic E-state index is 5.78. The fraction of sp³-hybridized carbons (Fsp3) is 0.692. The van der Waals surface area contributed by atoms with Crippen molar-refractivity contribution < 1.29 is 4.74 Å². The lowest BCUT2D eigenvalue weighted by atomic mass is 9.88. The van der Waals surface area contributed by atoms with Crippen LogP contribution in [-0.2, 0) is 11.2 Å². The van der Waals surface area contributed by atoms with E-state index in [9.17, 15) is 0 Å². The molecule has 1 unspecified atom stereocenters. The van der Waals surface area contributed by atoms with Crippen molar-refractivity contribution in [3.8, 4) is 0 Å². The zero-order valence-electron chi connectivity index (χ0n) is 11.2. The molecule has 1 aliphatic heterocycles. The molecule has 1 fully saturated rings. The predicted octanol–water partition coefficient (Wildman–Crippen LogP) is 1.23. The first-order valence-corrected chi connectivity index (χ1v) is 7.39. The van der Waals surface area contributed by atoms with Gasteiger partial charge in [0.1, 0.15) is 0 Å². The van der Waals surface area contributed by atoms with Gasteiger partial charge in [0.25, 0.3) is 0 Å². The topological polar surface area (TPSA) is 50.5 Å². The van der Waals surface area contributed by atoms with Crippen LogP contribution in [-0.4, -0.2) is 42.8 Å². The van der Waals surface area contributed by atoms with Crippen LogP contribution >= 0.6 is 11.3 Å². The number of hydrogen-bond acceptors (Lipinski definition) is 5. The molecule has 0 amide bonds. The summed E-state index contributed by atoms with van der Waals surface area (Å²) in [5.41, 5.74) is 4.38. The van der Waals surface area contributed by atoms with Crippen molar-refractivity contribution in [2.75, 3.05) is 26.3 Å². The summed E-state index contributed by atoms with van der Waals surface area (Å²) in [4.78, 5) is 2.47. The molecule has 18 heavy (non-hydrogen) atoms. The number of hydrogen-bond donors (Lipinski definition) is 2. The Morgan fingerprint density at radius 2 is 2.22 bits per heavy atom. The van der Waals surface area contributed by atoms with E-state index in [0.29, 0.717) is 0 Å². The molecule has 0 saturated carbocycles. The SMILES string of the molecule is CC(C)(C(Cc1ccsc1)NN)N1CCOCC1. The molecule has 2 heterocycles. The van der Waals surface area contributed by atoms with Crippen molar-refractivity contribution in [1.82, 2.24) is 10.3 Å². The van der Waals surface area contributed by atoms with E-state index in [1.165, 1.54) is 5.56 Å². The van der Waals surface area contributed by atoms with E-state index >= 15 is 0 Å². The van der Waals surface area contributed by atoms with Crippen molar-refractivity contribution in [1.29, 1.82) is 0 Å². The molecule has 0 bridgehead atoms. The quantitative estimate of drug-likeness (QED) is 0.624. The van der Waals surface area contributed by atoms with Crippen LogP contribution in [0.1, 0.15) is 19.4 Å². The summed E-state index contributed by atoms with van der Waals surface area (Å²) in [6.45, 7) is 8.12. The van der Waals surface area contributed by atoms with Gasteiger partial charge in [-0.15, -0.1) is 0 Å². The van der Waals surface area contributed by atoms with Gasteiger partial charge in [0.05, 0.1) is 13.2 Å². The van der Waals surface area contributed by atoms with Crippen molar-refractivity contribution in [2.24, 2.45) is 5.84 Å². The lowest BCUT2D eigenvalue weighted by Gasteiger charge is -2.45. The summed E-state index contributed by atoms with van der Waals surface area (Å²) in [7, 11) is 0. The monoisotopic (exact) mass is 269 g/mol. The Balaban J connectivity index is 2.04. The number of nitrogens with one attached hydrogen (secondary N) is 1.